The van der Waals surface area contributed by atoms with Gasteiger partial charge in [-0.05, 0) is 59.7 Å². The lowest BCUT2D eigenvalue weighted by atomic mass is 10.0. The average Bonchev–Trinajstić information content (AvgIpc) is 3.39. The van der Waals surface area contributed by atoms with Crippen LogP contribution in [-0.2, 0) is 0 Å². The summed E-state index contributed by atoms with van der Waals surface area (Å²) in [6, 6.07) is 37.3. The van der Waals surface area contributed by atoms with Crippen LogP contribution in [0, 0.1) is 0 Å². The zero-order valence-electron chi connectivity index (χ0n) is 17.9. The molecule has 0 spiro atoms. The highest BCUT2D eigenvalue weighted by atomic mass is 79.9. The second kappa shape index (κ2) is 7.81. The predicted molar refractivity (Wildman–Crippen MR) is 155 cm³/mol. The number of rotatable bonds is 2. The third-order valence-corrected chi connectivity index (χ3v) is 8.60. The molecule has 0 fully saturated rings. The largest absolute Gasteiger partial charge is 0.309 e. The maximum absolute atomic E-state index is 3.65. The molecular formula is C30H17Br2NS. The van der Waals surface area contributed by atoms with Gasteiger partial charge >= 0.3 is 0 Å². The Bertz CT molecular complexity index is 1860. The van der Waals surface area contributed by atoms with Gasteiger partial charge in [0.1, 0.15) is 0 Å². The Labute approximate surface area is 217 Å². The van der Waals surface area contributed by atoms with E-state index in [2.05, 4.69) is 140 Å². The summed E-state index contributed by atoms with van der Waals surface area (Å²) in [4.78, 5) is 0. The molecule has 2 aromatic heterocycles. The topological polar surface area (TPSA) is 4.93 Å². The van der Waals surface area contributed by atoms with Crippen molar-refractivity contribution < 1.29 is 0 Å². The smallest absolute Gasteiger partial charge is 0.0555 e. The lowest BCUT2D eigenvalue weighted by Crippen LogP contribution is -1.93. The molecule has 0 saturated carbocycles. The number of nitrogens with zero attached hydrogens (tertiary/aromatic N) is 1. The van der Waals surface area contributed by atoms with E-state index in [0.29, 0.717) is 0 Å². The van der Waals surface area contributed by atoms with E-state index in [1.807, 2.05) is 11.3 Å². The highest BCUT2D eigenvalue weighted by molar-refractivity contribution is 9.11. The number of halogens is 2. The van der Waals surface area contributed by atoms with Gasteiger partial charge in [-0.2, -0.15) is 0 Å². The van der Waals surface area contributed by atoms with Crippen LogP contribution in [0.2, 0.25) is 0 Å². The van der Waals surface area contributed by atoms with E-state index in [9.17, 15) is 0 Å². The van der Waals surface area contributed by atoms with Crippen molar-refractivity contribution in [2.75, 3.05) is 0 Å². The molecular weight excluding hydrogens is 566 g/mol. The Kier molecular flexibility index (Phi) is 4.70. The fourth-order valence-corrected chi connectivity index (χ4v) is 7.59. The minimum Gasteiger partial charge on any atom is -0.309 e. The van der Waals surface area contributed by atoms with Crippen LogP contribution < -0.4 is 0 Å². The summed E-state index contributed by atoms with van der Waals surface area (Å²) in [6.45, 7) is 0. The standard InChI is InChI=1S/C30H17Br2NS/c31-20-14-19(15-21(32)17-20)18-10-11-25-27(16-18)33(22-6-2-1-3-7-22)26-13-12-24-23-8-4-5-9-28(23)34-30(24)29(25)26/h1-17H. The zero-order valence-corrected chi connectivity index (χ0v) is 21.9. The molecule has 7 aromatic rings. The number of benzene rings is 5. The molecule has 162 valence electrons. The quantitative estimate of drug-likeness (QED) is 0.191. The molecule has 1 nitrogen and oxygen atoms in total. The fourth-order valence-electron chi connectivity index (χ4n) is 5.04. The van der Waals surface area contributed by atoms with Crippen LogP contribution in [0.15, 0.2) is 112 Å². The molecule has 5 aromatic carbocycles. The van der Waals surface area contributed by atoms with Crippen molar-refractivity contribution in [2.45, 2.75) is 0 Å². The number of aromatic nitrogens is 1. The number of fused-ring (bicyclic) bond motifs is 7. The van der Waals surface area contributed by atoms with Gasteiger partial charge in [0.05, 0.1) is 11.0 Å². The van der Waals surface area contributed by atoms with Crippen LogP contribution in [0.3, 0.4) is 0 Å². The molecule has 0 saturated heterocycles. The van der Waals surface area contributed by atoms with Crippen molar-refractivity contribution in [3.63, 3.8) is 0 Å². The average molecular weight is 583 g/mol. The monoisotopic (exact) mass is 581 g/mol. The molecule has 7 rings (SSSR count). The maximum Gasteiger partial charge on any atom is 0.0555 e. The molecule has 2 heterocycles. The minimum absolute atomic E-state index is 1.06. The van der Waals surface area contributed by atoms with Gasteiger partial charge in [0.25, 0.3) is 0 Å². The van der Waals surface area contributed by atoms with Gasteiger partial charge < -0.3 is 4.57 Å². The molecule has 0 aliphatic rings. The summed E-state index contributed by atoms with van der Waals surface area (Å²) in [7, 11) is 0. The molecule has 0 aliphatic carbocycles. The number of hydrogen-bond donors (Lipinski definition) is 0. The Balaban J connectivity index is 1.63. The molecule has 0 N–H and O–H groups in total. The van der Waals surface area contributed by atoms with Crippen LogP contribution in [0.4, 0.5) is 0 Å². The van der Waals surface area contributed by atoms with Crippen molar-refractivity contribution >= 4 is 85.2 Å². The number of thiophene rings is 1. The van der Waals surface area contributed by atoms with Crippen LogP contribution in [0.25, 0.3) is 58.8 Å². The second-order valence-corrected chi connectivity index (χ2v) is 11.4. The number of para-hydroxylation sites is 1. The molecule has 4 heteroatoms. The van der Waals surface area contributed by atoms with Crippen molar-refractivity contribution in [2.24, 2.45) is 0 Å². The molecule has 0 bridgehead atoms. The normalized spacial score (nSPS) is 11.8. The Morgan fingerprint density at radius 3 is 2.12 bits per heavy atom. The van der Waals surface area contributed by atoms with E-state index >= 15 is 0 Å². The van der Waals surface area contributed by atoms with E-state index in [0.717, 1.165) is 8.95 Å². The minimum atomic E-state index is 1.06. The SMILES string of the molecule is Brc1cc(Br)cc(-c2ccc3c4c5sc6ccccc6c5ccc4n(-c4ccccc4)c3c2)c1. The van der Waals surface area contributed by atoms with Gasteiger partial charge in [-0.15, -0.1) is 11.3 Å². The molecule has 0 radical (unpaired) electrons. The molecule has 34 heavy (non-hydrogen) atoms. The third-order valence-electron chi connectivity index (χ3n) is 6.48. The Morgan fingerprint density at radius 1 is 0.559 bits per heavy atom. The Morgan fingerprint density at radius 2 is 1.29 bits per heavy atom. The van der Waals surface area contributed by atoms with E-state index in [1.54, 1.807) is 0 Å². The van der Waals surface area contributed by atoms with E-state index < -0.39 is 0 Å². The van der Waals surface area contributed by atoms with Crippen molar-refractivity contribution in [3.05, 3.63) is 112 Å². The first-order valence-corrected chi connectivity index (χ1v) is 13.5. The summed E-state index contributed by atoms with van der Waals surface area (Å²) in [5.41, 5.74) is 6.02. The van der Waals surface area contributed by atoms with Gasteiger partial charge in [0.15, 0.2) is 0 Å². The lowest BCUT2D eigenvalue weighted by Gasteiger charge is -2.09. The van der Waals surface area contributed by atoms with Gasteiger partial charge in [-0.3, -0.25) is 0 Å². The first-order chi connectivity index (χ1) is 16.7. The molecule has 0 atom stereocenters. The van der Waals surface area contributed by atoms with Crippen molar-refractivity contribution in [1.82, 2.24) is 4.57 Å². The first kappa shape index (κ1) is 20.5. The summed E-state index contributed by atoms with van der Waals surface area (Å²) in [5, 5.41) is 5.29. The number of hydrogen-bond acceptors (Lipinski definition) is 1. The second-order valence-electron chi connectivity index (χ2n) is 8.50. The zero-order chi connectivity index (χ0) is 22.8. The van der Waals surface area contributed by atoms with Crippen LogP contribution >= 0.6 is 43.2 Å². The van der Waals surface area contributed by atoms with Gasteiger partial charge in [0.2, 0.25) is 0 Å². The van der Waals surface area contributed by atoms with Gasteiger partial charge in [-0.1, -0.05) is 86.5 Å². The third kappa shape index (κ3) is 3.09. The van der Waals surface area contributed by atoms with Crippen LogP contribution in [0.5, 0.6) is 0 Å². The van der Waals surface area contributed by atoms with Crippen molar-refractivity contribution in [3.8, 4) is 16.8 Å². The fraction of sp³-hybridized carbons (Fsp3) is 0. The summed E-state index contributed by atoms with van der Waals surface area (Å²) in [6.07, 6.45) is 0. The van der Waals surface area contributed by atoms with Crippen LogP contribution in [0.1, 0.15) is 0 Å². The highest BCUT2D eigenvalue weighted by Crippen LogP contribution is 2.44. The summed E-state index contributed by atoms with van der Waals surface area (Å²) in [5.74, 6) is 0. The predicted octanol–water partition coefficient (Wildman–Crippen LogP) is 10.3. The van der Waals surface area contributed by atoms with Crippen molar-refractivity contribution in [1.29, 1.82) is 0 Å². The molecule has 0 aliphatic heterocycles. The molecule has 0 amide bonds. The van der Waals surface area contributed by atoms with E-state index in [-0.39, 0.29) is 0 Å². The van der Waals surface area contributed by atoms with Crippen LogP contribution in [-0.4, -0.2) is 4.57 Å². The summed E-state index contributed by atoms with van der Waals surface area (Å²) >= 11 is 9.19. The highest BCUT2D eigenvalue weighted by Gasteiger charge is 2.18. The molecule has 0 unspecified atom stereocenters. The van der Waals surface area contributed by atoms with E-state index in [4.69, 9.17) is 0 Å². The summed E-state index contributed by atoms with van der Waals surface area (Å²) < 4.78 is 7.23. The first-order valence-electron chi connectivity index (χ1n) is 11.1. The van der Waals surface area contributed by atoms with Gasteiger partial charge in [-0.25, -0.2) is 0 Å². The van der Waals surface area contributed by atoms with Gasteiger partial charge in [0, 0.05) is 45.6 Å². The Hall–Kier alpha value is -2.92. The maximum atomic E-state index is 3.65. The lowest BCUT2D eigenvalue weighted by molar-refractivity contribution is 1.18. The van der Waals surface area contributed by atoms with E-state index in [1.165, 1.54) is 58.8 Å².